The highest BCUT2D eigenvalue weighted by Gasteiger charge is 2.41. The van der Waals surface area contributed by atoms with Crippen molar-refractivity contribution in [2.24, 2.45) is 0 Å². The molecule has 0 radical (unpaired) electrons. The second kappa shape index (κ2) is 9.31. The number of halogens is 1. The summed E-state index contributed by atoms with van der Waals surface area (Å²) in [6, 6.07) is 13.0. The number of carbonyl (C=O) groups is 2. The van der Waals surface area contributed by atoms with E-state index in [1.807, 2.05) is 31.2 Å². The number of ether oxygens (including phenoxy) is 2. The first-order chi connectivity index (χ1) is 13.9. The Morgan fingerprint density at radius 1 is 1.10 bits per heavy atom. The molecule has 1 aliphatic rings. The van der Waals surface area contributed by atoms with E-state index in [0.717, 1.165) is 48.9 Å². The fourth-order valence-corrected chi connectivity index (χ4v) is 4.09. The van der Waals surface area contributed by atoms with Gasteiger partial charge in [0, 0.05) is 10.7 Å². The van der Waals surface area contributed by atoms with Gasteiger partial charge in [0.1, 0.15) is 5.75 Å². The Bertz CT molecular complexity index is 890. The molecule has 0 unspecified atom stereocenters. The number of nitrogens with one attached hydrogen (secondary N) is 1. The molecule has 1 amide bonds. The van der Waals surface area contributed by atoms with Gasteiger partial charge in [-0.2, -0.15) is 0 Å². The largest absolute Gasteiger partial charge is 0.482 e. The molecule has 29 heavy (non-hydrogen) atoms. The van der Waals surface area contributed by atoms with Gasteiger partial charge in [-0.25, -0.2) is 4.79 Å². The standard InChI is InChI=1S/C23H26ClNO4/c1-16-13-19(29-15-21(26)28-2)9-10-20(16)25-22(27)23(11-4-3-5-12-23)17-7-6-8-18(24)14-17/h6-10,13-14H,3-5,11-12,15H2,1-2H3,(H,25,27). The third-order valence-electron chi connectivity index (χ3n) is 5.55. The number of esters is 1. The molecule has 154 valence electrons. The van der Waals surface area contributed by atoms with Crippen LogP contribution in [0, 0.1) is 6.92 Å². The second-order valence-corrected chi connectivity index (χ2v) is 7.89. The van der Waals surface area contributed by atoms with Crippen LogP contribution in [0.5, 0.6) is 5.75 Å². The fourth-order valence-electron chi connectivity index (χ4n) is 3.90. The zero-order valence-electron chi connectivity index (χ0n) is 16.8. The van der Waals surface area contributed by atoms with Crippen molar-refractivity contribution in [2.45, 2.75) is 44.4 Å². The highest BCUT2D eigenvalue weighted by Crippen LogP contribution is 2.41. The number of hydrogen-bond donors (Lipinski definition) is 1. The lowest BCUT2D eigenvalue weighted by Gasteiger charge is -2.36. The molecule has 6 heteroatoms. The van der Waals surface area contributed by atoms with Crippen molar-refractivity contribution < 1.29 is 19.1 Å². The Kier molecular flexibility index (Phi) is 6.80. The molecule has 0 aliphatic heterocycles. The minimum Gasteiger partial charge on any atom is -0.482 e. The van der Waals surface area contributed by atoms with Gasteiger partial charge in [-0.15, -0.1) is 0 Å². The molecule has 2 aromatic rings. The van der Waals surface area contributed by atoms with Gasteiger partial charge in [-0.3, -0.25) is 4.79 Å². The molecule has 0 bridgehead atoms. The second-order valence-electron chi connectivity index (χ2n) is 7.45. The van der Waals surface area contributed by atoms with E-state index in [2.05, 4.69) is 10.1 Å². The summed E-state index contributed by atoms with van der Waals surface area (Å²) < 4.78 is 9.99. The maximum atomic E-state index is 13.4. The molecule has 5 nitrogen and oxygen atoms in total. The summed E-state index contributed by atoms with van der Waals surface area (Å²) in [5, 5.41) is 3.75. The molecule has 0 saturated heterocycles. The average Bonchev–Trinajstić information content (AvgIpc) is 2.74. The van der Waals surface area contributed by atoms with E-state index in [4.69, 9.17) is 16.3 Å². The molecule has 0 heterocycles. The minimum absolute atomic E-state index is 0.00852. The van der Waals surface area contributed by atoms with Gasteiger partial charge in [0.2, 0.25) is 5.91 Å². The molecule has 0 spiro atoms. The summed E-state index contributed by atoms with van der Waals surface area (Å²) in [5.74, 6) is 0.0970. The van der Waals surface area contributed by atoms with E-state index in [1.165, 1.54) is 7.11 Å². The van der Waals surface area contributed by atoms with Crippen LogP contribution in [0.2, 0.25) is 5.02 Å². The summed E-state index contributed by atoms with van der Waals surface area (Å²) in [6.45, 7) is 1.74. The number of methoxy groups -OCH3 is 1. The van der Waals surface area contributed by atoms with Crippen LogP contribution in [0.25, 0.3) is 0 Å². The van der Waals surface area contributed by atoms with E-state index < -0.39 is 11.4 Å². The molecule has 1 saturated carbocycles. The lowest BCUT2D eigenvalue weighted by Crippen LogP contribution is -2.42. The Morgan fingerprint density at radius 2 is 1.86 bits per heavy atom. The van der Waals surface area contributed by atoms with Crippen molar-refractivity contribution in [2.75, 3.05) is 19.0 Å². The molecular formula is C23H26ClNO4. The molecule has 0 aromatic heterocycles. The van der Waals surface area contributed by atoms with Crippen LogP contribution in [-0.2, 0) is 19.7 Å². The number of amides is 1. The van der Waals surface area contributed by atoms with Gasteiger partial charge in [0.15, 0.2) is 6.61 Å². The highest BCUT2D eigenvalue weighted by molar-refractivity contribution is 6.30. The van der Waals surface area contributed by atoms with E-state index in [0.29, 0.717) is 10.8 Å². The summed E-state index contributed by atoms with van der Waals surface area (Å²) in [6.07, 6.45) is 4.77. The third kappa shape index (κ3) is 4.91. The van der Waals surface area contributed by atoms with E-state index in [-0.39, 0.29) is 12.5 Å². The van der Waals surface area contributed by atoms with Crippen LogP contribution >= 0.6 is 11.6 Å². The number of benzene rings is 2. The summed E-state index contributed by atoms with van der Waals surface area (Å²) in [5.41, 5.74) is 1.98. The lowest BCUT2D eigenvalue weighted by molar-refractivity contribution is -0.142. The lowest BCUT2D eigenvalue weighted by atomic mass is 9.68. The maximum Gasteiger partial charge on any atom is 0.343 e. The Hall–Kier alpha value is -2.53. The number of carbonyl (C=O) groups excluding carboxylic acids is 2. The SMILES string of the molecule is COC(=O)COc1ccc(NC(=O)C2(c3cccc(Cl)c3)CCCCC2)c(C)c1. The predicted molar refractivity (Wildman–Crippen MR) is 114 cm³/mol. The predicted octanol–water partition coefficient (Wildman–Crippen LogP) is 5.04. The number of aryl methyl sites for hydroxylation is 1. The van der Waals surface area contributed by atoms with E-state index in [9.17, 15) is 9.59 Å². The van der Waals surface area contributed by atoms with Gasteiger partial charge in [-0.1, -0.05) is 43.0 Å². The molecule has 1 aliphatic carbocycles. The van der Waals surface area contributed by atoms with Crippen LogP contribution in [0.1, 0.15) is 43.2 Å². The Balaban J connectivity index is 1.80. The van der Waals surface area contributed by atoms with Crippen LogP contribution in [-0.4, -0.2) is 25.6 Å². The Morgan fingerprint density at radius 3 is 2.52 bits per heavy atom. The topological polar surface area (TPSA) is 64.6 Å². The van der Waals surface area contributed by atoms with Crippen molar-refractivity contribution >= 4 is 29.2 Å². The zero-order valence-corrected chi connectivity index (χ0v) is 17.6. The first-order valence-corrected chi connectivity index (χ1v) is 10.2. The monoisotopic (exact) mass is 415 g/mol. The quantitative estimate of drug-likeness (QED) is 0.671. The van der Waals surface area contributed by atoms with Crippen molar-refractivity contribution in [1.29, 1.82) is 0 Å². The number of anilines is 1. The van der Waals surface area contributed by atoms with E-state index >= 15 is 0 Å². The molecule has 2 aromatic carbocycles. The summed E-state index contributed by atoms with van der Waals surface area (Å²) >= 11 is 6.22. The van der Waals surface area contributed by atoms with Gasteiger partial charge in [0.05, 0.1) is 12.5 Å². The normalized spacial score (nSPS) is 15.4. The first kappa shape index (κ1) is 21.2. The van der Waals surface area contributed by atoms with Crippen LogP contribution in [0.3, 0.4) is 0 Å². The van der Waals surface area contributed by atoms with Gasteiger partial charge < -0.3 is 14.8 Å². The fraction of sp³-hybridized carbons (Fsp3) is 0.391. The van der Waals surface area contributed by atoms with E-state index in [1.54, 1.807) is 18.2 Å². The maximum absolute atomic E-state index is 13.4. The van der Waals surface area contributed by atoms with Crippen molar-refractivity contribution in [3.63, 3.8) is 0 Å². The molecular weight excluding hydrogens is 390 g/mol. The van der Waals surface area contributed by atoms with Crippen molar-refractivity contribution in [3.8, 4) is 5.75 Å². The van der Waals surface area contributed by atoms with Crippen molar-refractivity contribution in [1.82, 2.24) is 0 Å². The highest BCUT2D eigenvalue weighted by atomic mass is 35.5. The van der Waals surface area contributed by atoms with Crippen LogP contribution < -0.4 is 10.1 Å². The Labute approximate surface area is 176 Å². The molecule has 1 N–H and O–H groups in total. The minimum atomic E-state index is -0.574. The van der Waals surface area contributed by atoms with Crippen molar-refractivity contribution in [3.05, 3.63) is 58.6 Å². The molecule has 3 rings (SSSR count). The first-order valence-electron chi connectivity index (χ1n) is 9.82. The smallest absolute Gasteiger partial charge is 0.343 e. The zero-order chi connectivity index (χ0) is 20.9. The number of rotatable bonds is 6. The van der Waals surface area contributed by atoms with Gasteiger partial charge in [-0.05, 0) is 61.2 Å². The third-order valence-corrected chi connectivity index (χ3v) is 5.78. The van der Waals surface area contributed by atoms with Gasteiger partial charge in [0.25, 0.3) is 0 Å². The summed E-state index contributed by atoms with van der Waals surface area (Å²) in [7, 11) is 1.32. The van der Waals surface area contributed by atoms with Gasteiger partial charge >= 0.3 is 5.97 Å². The molecule has 1 fully saturated rings. The van der Waals surface area contributed by atoms with Crippen LogP contribution in [0.4, 0.5) is 5.69 Å². The average molecular weight is 416 g/mol. The number of hydrogen-bond acceptors (Lipinski definition) is 4. The summed E-state index contributed by atoms with van der Waals surface area (Å²) in [4.78, 5) is 24.7. The van der Waals surface area contributed by atoms with Crippen LogP contribution in [0.15, 0.2) is 42.5 Å². The molecule has 0 atom stereocenters.